The number of amides is 1. The molecule has 0 aromatic rings. The minimum Gasteiger partial charge on any atom is -0.468 e. The van der Waals surface area contributed by atoms with Gasteiger partial charge < -0.3 is 14.4 Å². The molecule has 1 fully saturated rings. The van der Waals surface area contributed by atoms with Crippen molar-refractivity contribution in [3.05, 3.63) is 0 Å². The second kappa shape index (κ2) is 3.96. The predicted octanol–water partition coefficient (Wildman–Crippen LogP) is -0.203. The van der Waals surface area contributed by atoms with Gasteiger partial charge in [-0.25, -0.2) is 0 Å². The average molecular weight is 201 g/mol. The highest BCUT2D eigenvalue weighted by Gasteiger charge is 2.36. The van der Waals surface area contributed by atoms with Gasteiger partial charge in [0.1, 0.15) is 13.2 Å². The van der Waals surface area contributed by atoms with Crippen LogP contribution in [-0.4, -0.2) is 49.2 Å². The lowest BCUT2D eigenvalue weighted by Crippen LogP contribution is -2.57. The number of carbonyl (C=O) groups is 2. The van der Waals surface area contributed by atoms with Crippen molar-refractivity contribution in [3.8, 4) is 0 Å². The fourth-order valence-electron chi connectivity index (χ4n) is 1.38. The summed E-state index contributed by atoms with van der Waals surface area (Å²) in [6, 6.07) is 0. The molecule has 0 radical (unpaired) electrons. The van der Waals surface area contributed by atoms with E-state index in [2.05, 4.69) is 4.74 Å². The summed E-state index contributed by atoms with van der Waals surface area (Å²) < 4.78 is 9.62. The molecule has 1 amide bonds. The molecule has 1 rings (SSSR count). The van der Waals surface area contributed by atoms with Gasteiger partial charge in [0.05, 0.1) is 19.3 Å². The molecule has 1 aliphatic rings. The molecular weight excluding hydrogens is 186 g/mol. The number of morpholine rings is 1. The molecule has 0 spiro atoms. The number of hydrogen-bond donors (Lipinski definition) is 0. The summed E-state index contributed by atoms with van der Waals surface area (Å²) in [5.74, 6) is -0.583. The minimum absolute atomic E-state index is 0.00824. The van der Waals surface area contributed by atoms with Gasteiger partial charge in [-0.05, 0) is 13.8 Å². The molecule has 1 heterocycles. The summed E-state index contributed by atoms with van der Waals surface area (Å²) in [6.45, 7) is 4.18. The van der Waals surface area contributed by atoms with Crippen LogP contribution in [0.25, 0.3) is 0 Å². The summed E-state index contributed by atoms with van der Waals surface area (Å²) in [5.41, 5.74) is -0.441. The summed E-state index contributed by atoms with van der Waals surface area (Å²) in [7, 11) is 1.31. The Balaban J connectivity index is 2.70. The molecule has 0 aromatic heterocycles. The quantitative estimate of drug-likeness (QED) is 0.580. The Morgan fingerprint density at radius 3 is 2.79 bits per heavy atom. The standard InChI is InChI=1S/C9H15NO4/c1-9(2)6-14-5-7(11)10(9)4-8(12)13-3/h4-6H2,1-3H3. The Bertz CT molecular complexity index is 249. The van der Waals surface area contributed by atoms with E-state index in [4.69, 9.17) is 4.74 Å². The monoisotopic (exact) mass is 201 g/mol. The van der Waals surface area contributed by atoms with E-state index in [1.54, 1.807) is 0 Å². The largest absolute Gasteiger partial charge is 0.468 e. The van der Waals surface area contributed by atoms with Crippen molar-refractivity contribution in [1.82, 2.24) is 4.90 Å². The number of hydrogen-bond acceptors (Lipinski definition) is 4. The Morgan fingerprint density at radius 1 is 1.64 bits per heavy atom. The third-order valence-electron chi connectivity index (χ3n) is 2.23. The topological polar surface area (TPSA) is 55.8 Å². The van der Waals surface area contributed by atoms with Crippen molar-refractivity contribution in [1.29, 1.82) is 0 Å². The Labute approximate surface area is 83.0 Å². The van der Waals surface area contributed by atoms with Crippen LogP contribution in [0.1, 0.15) is 13.8 Å². The van der Waals surface area contributed by atoms with Crippen LogP contribution in [0.3, 0.4) is 0 Å². The average Bonchev–Trinajstić information content (AvgIpc) is 2.11. The van der Waals surface area contributed by atoms with Gasteiger partial charge in [-0.1, -0.05) is 0 Å². The van der Waals surface area contributed by atoms with E-state index in [0.717, 1.165) is 0 Å². The zero-order valence-electron chi connectivity index (χ0n) is 8.70. The van der Waals surface area contributed by atoms with Gasteiger partial charge in [-0.15, -0.1) is 0 Å². The normalized spacial score (nSPS) is 20.8. The van der Waals surface area contributed by atoms with Crippen LogP contribution in [0, 0.1) is 0 Å². The van der Waals surface area contributed by atoms with Crippen LogP contribution < -0.4 is 0 Å². The summed E-state index contributed by atoms with van der Waals surface area (Å²) in [6.07, 6.45) is 0. The number of carbonyl (C=O) groups excluding carboxylic acids is 2. The molecule has 0 saturated carbocycles. The fraction of sp³-hybridized carbons (Fsp3) is 0.778. The Hall–Kier alpha value is -1.10. The summed E-state index contributed by atoms with van der Waals surface area (Å²) >= 11 is 0. The smallest absolute Gasteiger partial charge is 0.325 e. The molecule has 14 heavy (non-hydrogen) atoms. The lowest BCUT2D eigenvalue weighted by atomic mass is 10.0. The van der Waals surface area contributed by atoms with Crippen molar-refractivity contribution in [2.45, 2.75) is 19.4 Å². The molecular formula is C9H15NO4. The van der Waals surface area contributed by atoms with Crippen molar-refractivity contribution >= 4 is 11.9 Å². The summed E-state index contributed by atoms with van der Waals surface area (Å²) in [5, 5.41) is 0. The lowest BCUT2D eigenvalue weighted by molar-refractivity contribution is -0.163. The highest BCUT2D eigenvalue weighted by molar-refractivity contribution is 5.84. The highest BCUT2D eigenvalue weighted by atomic mass is 16.5. The zero-order valence-corrected chi connectivity index (χ0v) is 8.70. The second-order valence-corrected chi connectivity index (χ2v) is 3.86. The van der Waals surface area contributed by atoms with Crippen molar-refractivity contribution in [2.24, 2.45) is 0 Å². The molecule has 0 aromatic carbocycles. The molecule has 0 atom stereocenters. The molecule has 0 N–H and O–H groups in total. The number of nitrogens with zero attached hydrogens (tertiary/aromatic N) is 1. The molecule has 1 saturated heterocycles. The second-order valence-electron chi connectivity index (χ2n) is 3.86. The number of ether oxygens (including phenoxy) is 2. The third-order valence-corrected chi connectivity index (χ3v) is 2.23. The highest BCUT2D eigenvalue weighted by Crippen LogP contribution is 2.19. The molecule has 1 aliphatic heterocycles. The first-order valence-electron chi connectivity index (χ1n) is 4.42. The first-order valence-corrected chi connectivity index (χ1v) is 4.42. The molecule has 0 unspecified atom stereocenters. The van der Waals surface area contributed by atoms with Crippen LogP contribution >= 0.6 is 0 Å². The minimum atomic E-state index is -0.441. The van der Waals surface area contributed by atoms with E-state index in [-0.39, 0.29) is 19.1 Å². The van der Waals surface area contributed by atoms with E-state index in [0.29, 0.717) is 6.61 Å². The van der Waals surface area contributed by atoms with Gasteiger partial charge in [0.15, 0.2) is 0 Å². The van der Waals surface area contributed by atoms with Crippen molar-refractivity contribution in [2.75, 3.05) is 26.9 Å². The number of esters is 1. The van der Waals surface area contributed by atoms with Gasteiger partial charge in [0, 0.05) is 0 Å². The van der Waals surface area contributed by atoms with E-state index in [1.165, 1.54) is 12.0 Å². The molecule has 5 heteroatoms. The predicted molar refractivity (Wildman–Crippen MR) is 48.6 cm³/mol. The van der Waals surface area contributed by atoms with Gasteiger partial charge in [-0.3, -0.25) is 9.59 Å². The van der Waals surface area contributed by atoms with Gasteiger partial charge in [-0.2, -0.15) is 0 Å². The van der Waals surface area contributed by atoms with Crippen LogP contribution in [0.2, 0.25) is 0 Å². The molecule has 0 aliphatic carbocycles. The lowest BCUT2D eigenvalue weighted by Gasteiger charge is -2.41. The van der Waals surface area contributed by atoms with E-state index < -0.39 is 11.5 Å². The maximum absolute atomic E-state index is 11.5. The molecule has 0 bridgehead atoms. The Kier molecular flexibility index (Phi) is 3.10. The van der Waals surface area contributed by atoms with E-state index >= 15 is 0 Å². The Morgan fingerprint density at radius 2 is 2.29 bits per heavy atom. The number of methoxy groups -OCH3 is 1. The molecule has 80 valence electrons. The first-order chi connectivity index (χ1) is 6.47. The maximum atomic E-state index is 11.5. The third kappa shape index (κ3) is 2.23. The fourth-order valence-corrected chi connectivity index (χ4v) is 1.38. The summed E-state index contributed by atoms with van der Waals surface area (Å²) in [4.78, 5) is 24.0. The van der Waals surface area contributed by atoms with Crippen LogP contribution in [0.15, 0.2) is 0 Å². The SMILES string of the molecule is COC(=O)CN1C(=O)COCC1(C)C. The van der Waals surface area contributed by atoms with Gasteiger partial charge in [0.2, 0.25) is 5.91 Å². The van der Waals surface area contributed by atoms with Crippen molar-refractivity contribution in [3.63, 3.8) is 0 Å². The van der Waals surface area contributed by atoms with Gasteiger partial charge >= 0.3 is 5.97 Å². The van der Waals surface area contributed by atoms with Crippen molar-refractivity contribution < 1.29 is 19.1 Å². The van der Waals surface area contributed by atoms with E-state index in [1.807, 2.05) is 13.8 Å². The zero-order chi connectivity index (χ0) is 10.8. The molecule has 5 nitrogen and oxygen atoms in total. The van der Waals surface area contributed by atoms with Crippen LogP contribution in [-0.2, 0) is 19.1 Å². The van der Waals surface area contributed by atoms with E-state index in [9.17, 15) is 9.59 Å². The number of rotatable bonds is 2. The van der Waals surface area contributed by atoms with Crippen LogP contribution in [0.5, 0.6) is 0 Å². The van der Waals surface area contributed by atoms with Gasteiger partial charge in [0.25, 0.3) is 0 Å². The maximum Gasteiger partial charge on any atom is 0.325 e. The first kappa shape index (κ1) is 11.0. The van der Waals surface area contributed by atoms with Crippen LogP contribution in [0.4, 0.5) is 0 Å².